The van der Waals surface area contributed by atoms with Crippen LogP contribution in [-0.4, -0.2) is 32.2 Å². The van der Waals surface area contributed by atoms with Gasteiger partial charge >= 0.3 is 6.09 Å². The lowest BCUT2D eigenvalue weighted by molar-refractivity contribution is 0.146. The fourth-order valence-corrected chi connectivity index (χ4v) is 5.03. The molecule has 0 unspecified atom stereocenters. The highest BCUT2D eigenvalue weighted by Gasteiger charge is 2.34. The van der Waals surface area contributed by atoms with Gasteiger partial charge in [0.2, 0.25) is 5.88 Å². The second-order valence-electron chi connectivity index (χ2n) is 11.1. The number of nitrogens with zero attached hydrogens (tertiary/aromatic N) is 5. The molecule has 1 saturated carbocycles. The third-order valence-electron chi connectivity index (χ3n) is 6.93. The first-order valence-electron chi connectivity index (χ1n) is 13.5. The molecule has 1 aliphatic rings. The molecule has 0 spiro atoms. The zero-order chi connectivity index (χ0) is 28.1. The highest BCUT2D eigenvalue weighted by Crippen LogP contribution is 2.38. The Morgan fingerprint density at radius 3 is 2.33 bits per heavy atom. The summed E-state index contributed by atoms with van der Waals surface area (Å²) in [7, 11) is 0. The van der Waals surface area contributed by atoms with Crippen LogP contribution in [0, 0.1) is 0 Å². The van der Waals surface area contributed by atoms with E-state index in [0.717, 1.165) is 36.1 Å². The van der Waals surface area contributed by atoms with Crippen molar-refractivity contribution >= 4 is 23.5 Å². The number of halogens is 1. The zero-order valence-corrected chi connectivity index (χ0v) is 23.8. The van der Waals surface area contributed by atoms with Gasteiger partial charge in [-0.15, -0.1) is 10.2 Å². The van der Waals surface area contributed by atoms with Crippen LogP contribution in [0.5, 0.6) is 5.88 Å². The van der Waals surface area contributed by atoms with Crippen molar-refractivity contribution in [2.75, 3.05) is 4.90 Å². The Hall–Kier alpha value is -3.91. The average Bonchev–Trinajstić information content (AvgIpc) is 3.60. The SMILES string of the molecule is CC(C)(C)n1nc([C@H]2CC[C@@H](Oc3ccc(Cl)nn3)C2)cc1N(Cc1ccccc1)C(=O)OCc1ccccc1. The molecule has 208 valence electrons. The second-order valence-corrected chi connectivity index (χ2v) is 11.5. The van der Waals surface area contributed by atoms with E-state index in [-0.39, 0.29) is 24.2 Å². The van der Waals surface area contributed by atoms with Crippen LogP contribution in [0.15, 0.2) is 78.9 Å². The van der Waals surface area contributed by atoms with Gasteiger partial charge < -0.3 is 9.47 Å². The maximum atomic E-state index is 13.6. The summed E-state index contributed by atoms with van der Waals surface area (Å²) in [5.74, 6) is 1.36. The van der Waals surface area contributed by atoms with E-state index in [1.165, 1.54) is 0 Å². The van der Waals surface area contributed by atoms with Gasteiger partial charge in [0.15, 0.2) is 5.15 Å². The van der Waals surface area contributed by atoms with E-state index in [0.29, 0.717) is 23.4 Å². The standard InChI is InChI=1S/C31H34ClN5O3/c1-31(2,3)37-29(19-26(35-37)24-14-15-25(18-24)40-28-17-16-27(32)33-34-28)36(20-22-10-6-4-7-11-22)30(38)39-21-23-12-8-5-9-13-23/h4-13,16-17,19,24-25H,14-15,18,20-21H2,1-3H3/t24-,25+/m0/s1. The largest absolute Gasteiger partial charge is 0.473 e. The number of aromatic nitrogens is 4. The fraction of sp³-hybridized carbons (Fsp3) is 0.355. The van der Waals surface area contributed by atoms with Crippen molar-refractivity contribution in [2.24, 2.45) is 0 Å². The number of ether oxygens (including phenoxy) is 2. The summed E-state index contributed by atoms with van der Waals surface area (Å²) in [5.41, 5.74) is 2.51. The number of amides is 1. The van der Waals surface area contributed by atoms with Crippen LogP contribution in [0.2, 0.25) is 5.15 Å². The van der Waals surface area contributed by atoms with E-state index in [1.807, 2.05) is 71.4 Å². The first kappa shape index (κ1) is 27.6. The predicted molar refractivity (Wildman–Crippen MR) is 155 cm³/mol. The normalized spacial score (nSPS) is 17.0. The molecule has 40 heavy (non-hydrogen) atoms. The predicted octanol–water partition coefficient (Wildman–Crippen LogP) is 7.14. The van der Waals surface area contributed by atoms with Crippen LogP contribution in [0.3, 0.4) is 0 Å². The van der Waals surface area contributed by atoms with Crippen molar-refractivity contribution in [3.05, 3.63) is 101 Å². The molecular formula is C31H34ClN5O3. The van der Waals surface area contributed by atoms with Crippen molar-refractivity contribution in [1.29, 1.82) is 0 Å². The Bertz CT molecular complexity index is 1400. The molecule has 2 aromatic heterocycles. The Morgan fingerprint density at radius 1 is 0.975 bits per heavy atom. The molecule has 1 fully saturated rings. The van der Waals surface area contributed by atoms with Gasteiger partial charge in [-0.3, -0.25) is 4.90 Å². The Morgan fingerprint density at radius 2 is 1.68 bits per heavy atom. The van der Waals surface area contributed by atoms with Gasteiger partial charge in [-0.05, 0) is 57.2 Å². The van der Waals surface area contributed by atoms with E-state index in [2.05, 4.69) is 31.0 Å². The highest BCUT2D eigenvalue weighted by molar-refractivity contribution is 6.29. The van der Waals surface area contributed by atoms with E-state index < -0.39 is 6.09 Å². The fourth-order valence-electron chi connectivity index (χ4n) is 4.93. The molecule has 9 heteroatoms. The van der Waals surface area contributed by atoms with Crippen LogP contribution < -0.4 is 9.64 Å². The smallest absolute Gasteiger partial charge is 0.416 e. The molecule has 0 bridgehead atoms. The molecule has 4 aromatic rings. The van der Waals surface area contributed by atoms with E-state index in [9.17, 15) is 4.79 Å². The van der Waals surface area contributed by atoms with Crippen molar-refractivity contribution in [1.82, 2.24) is 20.0 Å². The van der Waals surface area contributed by atoms with Crippen LogP contribution in [0.1, 0.15) is 62.8 Å². The van der Waals surface area contributed by atoms with Crippen LogP contribution in [0.4, 0.5) is 10.6 Å². The molecule has 0 saturated heterocycles. The number of benzene rings is 2. The van der Waals surface area contributed by atoms with E-state index in [1.54, 1.807) is 17.0 Å². The molecule has 8 nitrogen and oxygen atoms in total. The number of carbonyl (C=O) groups excluding carboxylic acids is 1. The molecule has 5 rings (SSSR count). The summed E-state index contributed by atoms with van der Waals surface area (Å²) in [6.45, 7) is 6.81. The molecule has 1 amide bonds. The minimum absolute atomic E-state index is 0.0000261. The molecule has 2 heterocycles. The first-order valence-corrected chi connectivity index (χ1v) is 13.9. The number of hydrogen-bond donors (Lipinski definition) is 0. The third kappa shape index (κ3) is 6.80. The molecule has 0 N–H and O–H groups in total. The Labute approximate surface area is 239 Å². The topological polar surface area (TPSA) is 82.4 Å². The van der Waals surface area contributed by atoms with Gasteiger partial charge in [0.1, 0.15) is 18.5 Å². The molecule has 2 aromatic carbocycles. The van der Waals surface area contributed by atoms with Crippen molar-refractivity contribution in [3.8, 4) is 5.88 Å². The zero-order valence-electron chi connectivity index (χ0n) is 23.0. The van der Waals surface area contributed by atoms with Gasteiger partial charge in [-0.25, -0.2) is 9.48 Å². The summed E-state index contributed by atoms with van der Waals surface area (Å²) in [6.07, 6.45) is 2.17. The summed E-state index contributed by atoms with van der Waals surface area (Å²) in [4.78, 5) is 15.3. The molecule has 2 atom stereocenters. The summed E-state index contributed by atoms with van der Waals surface area (Å²) in [5, 5.41) is 13.3. The number of anilines is 1. The lowest BCUT2D eigenvalue weighted by Gasteiger charge is -2.28. The van der Waals surface area contributed by atoms with Crippen molar-refractivity contribution in [2.45, 2.75) is 70.7 Å². The molecular weight excluding hydrogens is 526 g/mol. The highest BCUT2D eigenvalue weighted by atomic mass is 35.5. The van der Waals surface area contributed by atoms with Gasteiger partial charge in [-0.2, -0.15) is 5.10 Å². The second kappa shape index (κ2) is 12.1. The maximum Gasteiger partial charge on any atom is 0.416 e. The average molecular weight is 560 g/mol. The molecule has 0 aliphatic heterocycles. The van der Waals surface area contributed by atoms with Crippen LogP contribution in [0.25, 0.3) is 0 Å². The monoisotopic (exact) mass is 559 g/mol. The van der Waals surface area contributed by atoms with E-state index in [4.69, 9.17) is 26.2 Å². The van der Waals surface area contributed by atoms with Crippen molar-refractivity contribution in [3.63, 3.8) is 0 Å². The summed E-state index contributed by atoms with van der Waals surface area (Å²) >= 11 is 5.86. The number of hydrogen-bond acceptors (Lipinski definition) is 6. The Kier molecular flexibility index (Phi) is 8.35. The van der Waals surface area contributed by atoms with Gasteiger partial charge in [0.05, 0.1) is 17.8 Å². The maximum absolute atomic E-state index is 13.6. The molecule has 0 radical (unpaired) electrons. The minimum Gasteiger partial charge on any atom is -0.473 e. The van der Waals surface area contributed by atoms with Gasteiger partial charge in [0.25, 0.3) is 0 Å². The van der Waals surface area contributed by atoms with Gasteiger partial charge in [0, 0.05) is 18.1 Å². The van der Waals surface area contributed by atoms with Crippen molar-refractivity contribution < 1.29 is 14.3 Å². The van der Waals surface area contributed by atoms with Gasteiger partial charge in [-0.1, -0.05) is 72.3 Å². The summed E-state index contributed by atoms with van der Waals surface area (Å²) < 4.78 is 13.8. The lowest BCUT2D eigenvalue weighted by Crippen LogP contribution is -2.36. The lowest BCUT2D eigenvalue weighted by atomic mass is 10.0. The Balaban J connectivity index is 1.40. The summed E-state index contributed by atoms with van der Waals surface area (Å²) in [6, 6.07) is 25.1. The van der Waals surface area contributed by atoms with E-state index >= 15 is 0 Å². The first-order chi connectivity index (χ1) is 19.3. The molecule has 1 aliphatic carbocycles. The quantitative estimate of drug-likeness (QED) is 0.228. The third-order valence-corrected chi connectivity index (χ3v) is 7.13. The minimum atomic E-state index is -0.418. The van der Waals surface area contributed by atoms with Crippen LogP contribution in [-0.2, 0) is 23.4 Å². The van der Waals surface area contributed by atoms with Crippen LogP contribution >= 0.6 is 11.6 Å². The number of rotatable bonds is 8. The number of carbonyl (C=O) groups is 1.